The molecule has 2 heteroatoms. The van der Waals surface area contributed by atoms with Crippen molar-refractivity contribution in [2.75, 3.05) is 0 Å². The van der Waals surface area contributed by atoms with Crippen LogP contribution in [-0.2, 0) is 9.47 Å². The third kappa shape index (κ3) is 3.49. The average molecular weight is 304 g/mol. The van der Waals surface area contributed by atoms with Gasteiger partial charge in [-0.1, -0.05) is 37.6 Å². The number of rotatable bonds is 1. The van der Waals surface area contributed by atoms with Crippen molar-refractivity contribution in [3.05, 3.63) is 23.8 Å². The molecule has 0 unspecified atom stereocenters. The zero-order valence-corrected chi connectivity index (χ0v) is 14.9. The third-order valence-electron chi connectivity index (χ3n) is 6.06. The number of fused-ring (bicyclic) bond motifs is 2. The van der Waals surface area contributed by atoms with Crippen molar-refractivity contribution in [3.8, 4) is 0 Å². The van der Waals surface area contributed by atoms with Crippen LogP contribution in [0.3, 0.4) is 0 Å². The third-order valence-corrected chi connectivity index (χ3v) is 6.06. The Hall–Kier alpha value is -0.600. The van der Waals surface area contributed by atoms with E-state index in [0.29, 0.717) is 24.0 Å². The minimum absolute atomic E-state index is 0.0952. The van der Waals surface area contributed by atoms with E-state index in [9.17, 15) is 0 Å². The molecule has 0 spiro atoms. The summed E-state index contributed by atoms with van der Waals surface area (Å²) >= 11 is 0. The lowest BCUT2D eigenvalue weighted by atomic mass is 9.85. The summed E-state index contributed by atoms with van der Waals surface area (Å²) < 4.78 is 12.0. The average Bonchev–Trinajstić information content (AvgIpc) is 3.30. The van der Waals surface area contributed by atoms with Gasteiger partial charge >= 0.3 is 0 Å². The zero-order chi connectivity index (χ0) is 16.0. The molecule has 0 N–H and O–H groups in total. The largest absolute Gasteiger partial charge is 0.366 e. The van der Waals surface area contributed by atoms with Gasteiger partial charge in [0.05, 0.1) is 23.4 Å². The van der Waals surface area contributed by atoms with E-state index in [4.69, 9.17) is 9.47 Å². The van der Waals surface area contributed by atoms with E-state index in [-0.39, 0.29) is 11.2 Å². The molecule has 2 saturated heterocycles. The van der Waals surface area contributed by atoms with Crippen LogP contribution in [0.5, 0.6) is 0 Å². The Labute approximate surface area is 136 Å². The van der Waals surface area contributed by atoms with Gasteiger partial charge in [-0.2, -0.15) is 0 Å². The first-order valence-electron chi connectivity index (χ1n) is 9.03. The molecule has 0 radical (unpaired) electrons. The topological polar surface area (TPSA) is 25.1 Å². The molecule has 0 amide bonds. The first-order valence-corrected chi connectivity index (χ1v) is 9.03. The predicted molar refractivity (Wildman–Crippen MR) is 90.9 cm³/mol. The summed E-state index contributed by atoms with van der Waals surface area (Å²) in [7, 11) is 0. The lowest BCUT2D eigenvalue weighted by Crippen LogP contribution is -2.17. The minimum atomic E-state index is 0.0952. The Kier molecular flexibility index (Phi) is 4.28. The summed E-state index contributed by atoms with van der Waals surface area (Å²) in [5, 5.41) is 0. The summed E-state index contributed by atoms with van der Waals surface area (Å²) in [4.78, 5) is 0. The monoisotopic (exact) mass is 304 g/mol. The van der Waals surface area contributed by atoms with Gasteiger partial charge in [-0.3, -0.25) is 0 Å². The first kappa shape index (κ1) is 16.3. The molecular formula is C20H32O2. The van der Waals surface area contributed by atoms with E-state index >= 15 is 0 Å². The lowest BCUT2D eigenvalue weighted by molar-refractivity contribution is 0.263. The van der Waals surface area contributed by atoms with Gasteiger partial charge in [-0.05, 0) is 64.7 Å². The summed E-state index contributed by atoms with van der Waals surface area (Å²) in [5.41, 5.74) is 1.58. The summed E-state index contributed by atoms with van der Waals surface area (Å²) in [6.07, 6.45) is 13.6. The molecule has 5 atom stereocenters. The first-order chi connectivity index (χ1) is 10.3. The van der Waals surface area contributed by atoms with Crippen LogP contribution in [0.25, 0.3) is 0 Å². The molecule has 2 nitrogen and oxygen atoms in total. The quantitative estimate of drug-likeness (QED) is 0.634. The Balaban J connectivity index is 1.72. The van der Waals surface area contributed by atoms with Gasteiger partial charge in [0.1, 0.15) is 0 Å². The Morgan fingerprint density at radius 3 is 2.41 bits per heavy atom. The van der Waals surface area contributed by atoms with Crippen LogP contribution in [0, 0.1) is 11.8 Å². The second-order valence-electron chi connectivity index (χ2n) is 8.37. The number of epoxide rings is 2. The number of hydrogen-bond acceptors (Lipinski definition) is 2. The highest BCUT2D eigenvalue weighted by atomic mass is 16.6. The van der Waals surface area contributed by atoms with Gasteiger partial charge in [0.2, 0.25) is 0 Å². The Bertz CT molecular complexity index is 478. The van der Waals surface area contributed by atoms with Gasteiger partial charge in [0.15, 0.2) is 0 Å². The molecule has 2 fully saturated rings. The van der Waals surface area contributed by atoms with Crippen molar-refractivity contribution in [3.63, 3.8) is 0 Å². The molecule has 124 valence electrons. The molecule has 3 aliphatic rings. The Morgan fingerprint density at radius 2 is 1.68 bits per heavy atom. The van der Waals surface area contributed by atoms with Crippen molar-refractivity contribution in [2.45, 2.75) is 90.1 Å². The molecule has 0 aromatic heterocycles. The number of ether oxygens (including phenoxy) is 2. The van der Waals surface area contributed by atoms with Crippen LogP contribution < -0.4 is 0 Å². The van der Waals surface area contributed by atoms with Gasteiger partial charge in [0.25, 0.3) is 0 Å². The van der Waals surface area contributed by atoms with Crippen molar-refractivity contribution in [1.29, 1.82) is 0 Å². The van der Waals surface area contributed by atoms with E-state index < -0.39 is 0 Å². The molecule has 0 aromatic carbocycles. The van der Waals surface area contributed by atoms with Crippen LogP contribution in [0.15, 0.2) is 23.8 Å². The molecule has 2 heterocycles. The zero-order valence-electron chi connectivity index (χ0n) is 14.9. The second-order valence-corrected chi connectivity index (χ2v) is 8.37. The summed E-state index contributed by atoms with van der Waals surface area (Å²) in [6.45, 7) is 11.4. The number of hydrogen-bond donors (Lipinski definition) is 0. The number of allylic oxidation sites excluding steroid dienone is 3. The van der Waals surface area contributed by atoms with Crippen LogP contribution in [0.2, 0.25) is 0 Å². The van der Waals surface area contributed by atoms with Crippen molar-refractivity contribution in [1.82, 2.24) is 0 Å². The van der Waals surface area contributed by atoms with E-state index in [0.717, 1.165) is 19.3 Å². The lowest BCUT2D eigenvalue weighted by Gasteiger charge is -2.19. The standard InChI is InChI=1S/C20H32O2/c1-14(2)16-8-6-15(3)7-9-17-20(5,21-17)13-11-18-19(4,22-18)12-10-16/h6-8,14,16-18H,9-13H2,1-5H3/b8-6+,15-7-/t16-,17-,18-,19-,20-/m0/s1. The summed E-state index contributed by atoms with van der Waals surface area (Å²) in [6, 6.07) is 0. The van der Waals surface area contributed by atoms with Crippen LogP contribution >= 0.6 is 0 Å². The van der Waals surface area contributed by atoms with Gasteiger partial charge in [-0.15, -0.1) is 0 Å². The molecule has 2 aliphatic heterocycles. The van der Waals surface area contributed by atoms with Crippen molar-refractivity contribution >= 4 is 0 Å². The van der Waals surface area contributed by atoms with Crippen LogP contribution in [0.1, 0.15) is 66.7 Å². The van der Waals surface area contributed by atoms with Gasteiger partial charge in [0, 0.05) is 0 Å². The molecule has 0 bridgehead atoms. The molecule has 0 saturated carbocycles. The fourth-order valence-electron chi connectivity index (χ4n) is 3.84. The van der Waals surface area contributed by atoms with E-state index in [1.807, 2.05) is 0 Å². The SMILES string of the molecule is CC1=C/C[C@@H]2O[C@@]2(C)CC[C@@H]2O[C@@]2(C)CC[C@@H](C(C)C)\C=C\1. The maximum Gasteiger partial charge on any atom is 0.0924 e. The van der Waals surface area contributed by atoms with E-state index in [1.165, 1.54) is 18.4 Å². The maximum atomic E-state index is 6.05. The van der Waals surface area contributed by atoms with Crippen molar-refractivity contribution in [2.24, 2.45) is 11.8 Å². The highest BCUT2D eigenvalue weighted by molar-refractivity contribution is 5.19. The normalized spacial score (nSPS) is 49.4. The van der Waals surface area contributed by atoms with Crippen LogP contribution in [0.4, 0.5) is 0 Å². The van der Waals surface area contributed by atoms with Crippen LogP contribution in [-0.4, -0.2) is 23.4 Å². The molecule has 22 heavy (non-hydrogen) atoms. The molecule has 0 aromatic rings. The van der Waals surface area contributed by atoms with Gasteiger partial charge in [-0.25, -0.2) is 0 Å². The second kappa shape index (κ2) is 5.79. The smallest absolute Gasteiger partial charge is 0.0924 e. The van der Waals surface area contributed by atoms with Gasteiger partial charge < -0.3 is 9.47 Å². The maximum absolute atomic E-state index is 6.05. The van der Waals surface area contributed by atoms with Crippen molar-refractivity contribution < 1.29 is 9.47 Å². The Morgan fingerprint density at radius 1 is 1.05 bits per heavy atom. The predicted octanol–water partition coefficient (Wildman–Crippen LogP) is 5.04. The van der Waals surface area contributed by atoms with E-state index in [1.54, 1.807) is 0 Å². The highest BCUT2D eigenvalue weighted by Crippen LogP contribution is 2.49. The molecular weight excluding hydrogens is 272 g/mol. The summed E-state index contributed by atoms with van der Waals surface area (Å²) in [5.74, 6) is 1.34. The highest BCUT2D eigenvalue weighted by Gasteiger charge is 2.56. The fourth-order valence-corrected chi connectivity index (χ4v) is 3.84. The fraction of sp³-hybridized carbons (Fsp3) is 0.800. The van der Waals surface area contributed by atoms with E-state index in [2.05, 4.69) is 52.8 Å². The molecule has 1 aliphatic carbocycles. The molecule has 3 rings (SSSR count). The minimum Gasteiger partial charge on any atom is -0.366 e.